The number of hydrogen-bond acceptors (Lipinski definition) is 4. The van der Waals surface area contributed by atoms with E-state index in [9.17, 15) is 4.79 Å². The zero-order chi connectivity index (χ0) is 14.4. The quantitative estimate of drug-likeness (QED) is 0.809. The van der Waals surface area contributed by atoms with E-state index in [1.165, 1.54) is 5.56 Å². The molecule has 1 aromatic rings. The first kappa shape index (κ1) is 21.1. The molecule has 0 bridgehead atoms. The van der Waals surface area contributed by atoms with Gasteiger partial charge in [0.2, 0.25) is 5.91 Å². The molecule has 2 rings (SSSR count). The lowest BCUT2D eigenvalue weighted by atomic mass is 10.2. The molecule has 1 aliphatic heterocycles. The number of nitrogens with zero attached hydrogens (tertiary/aromatic N) is 1. The number of likely N-dealkylation sites (tertiary alicyclic amines) is 1. The third kappa shape index (κ3) is 6.50. The number of halogens is 2. The summed E-state index contributed by atoms with van der Waals surface area (Å²) in [5.41, 5.74) is 7.01. The van der Waals surface area contributed by atoms with Gasteiger partial charge < -0.3 is 15.8 Å². The highest BCUT2D eigenvalue weighted by Gasteiger charge is 2.25. The van der Waals surface area contributed by atoms with E-state index in [1.54, 1.807) is 7.11 Å². The van der Waals surface area contributed by atoms with Crippen molar-refractivity contribution in [2.75, 3.05) is 26.8 Å². The first-order chi connectivity index (χ1) is 9.69. The predicted octanol–water partition coefficient (Wildman–Crippen LogP) is 1.19. The number of amides is 1. The Morgan fingerprint density at radius 2 is 2.09 bits per heavy atom. The molecule has 1 fully saturated rings. The smallest absolute Gasteiger partial charge is 0.239 e. The molecule has 0 aromatic heterocycles. The molecule has 0 radical (unpaired) electrons. The van der Waals surface area contributed by atoms with Crippen LogP contribution < -0.4 is 11.1 Å². The Balaban J connectivity index is 0.00000220. The second kappa shape index (κ2) is 10.8. The standard InChI is InChI=1S/C15H23N3O2.2ClH/c1-20-11-14(16)15(19)17-13-7-8-18(10-13)9-12-5-3-2-4-6-12;;/h2-6,13-14H,7-11,16H2,1H3,(H,17,19);2*1H. The number of methoxy groups -OCH3 is 1. The molecule has 1 saturated heterocycles. The number of carbonyl (C=O) groups excluding carboxylic acids is 1. The number of ether oxygens (including phenoxy) is 1. The van der Waals surface area contributed by atoms with E-state index in [4.69, 9.17) is 10.5 Å². The zero-order valence-corrected chi connectivity index (χ0v) is 14.4. The molecule has 2 atom stereocenters. The van der Waals surface area contributed by atoms with Gasteiger partial charge in [0, 0.05) is 32.8 Å². The average molecular weight is 350 g/mol. The van der Waals surface area contributed by atoms with E-state index in [0.717, 1.165) is 26.1 Å². The molecular weight excluding hydrogens is 325 g/mol. The Bertz CT molecular complexity index is 434. The van der Waals surface area contributed by atoms with Gasteiger partial charge in [-0.2, -0.15) is 0 Å². The number of rotatable bonds is 6. The van der Waals surface area contributed by atoms with E-state index < -0.39 is 6.04 Å². The minimum absolute atomic E-state index is 0. The Kier molecular flexibility index (Phi) is 10.4. The summed E-state index contributed by atoms with van der Waals surface area (Å²) >= 11 is 0. The maximum absolute atomic E-state index is 11.8. The molecule has 1 aromatic carbocycles. The molecule has 22 heavy (non-hydrogen) atoms. The molecular formula is C15H25Cl2N3O2. The average Bonchev–Trinajstić information content (AvgIpc) is 2.87. The van der Waals surface area contributed by atoms with Crippen molar-refractivity contribution in [3.63, 3.8) is 0 Å². The van der Waals surface area contributed by atoms with Crippen LogP contribution in [0.2, 0.25) is 0 Å². The molecule has 1 heterocycles. The molecule has 126 valence electrons. The first-order valence-corrected chi connectivity index (χ1v) is 7.00. The van der Waals surface area contributed by atoms with Crippen molar-refractivity contribution in [1.82, 2.24) is 10.2 Å². The van der Waals surface area contributed by atoms with E-state index in [0.29, 0.717) is 0 Å². The van der Waals surface area contributed by atoms with Crippen LogP contribution in [0.4, 0.5) is 0 Å². The first-order valence-electron chi connectivity index (χ1n) is 7.00. The topological polar surface area (TPSA) is 67.6 Å². The van der Waals surface area contributed by atoms with E-state index >= 15 is 0 Å². The van der Waals surface area contributed by atoms with Gasteiger partial charge in [0.25, 0.3) is 0 Å². The van der Waals surface area contributed by atoms with Crippen molar-refractivity contribution in [1.29, 1.82) is 0 Å². The monoisotopic (exact) mass is 349 g/mol. The number of benzene rings is 1. The maximum atomic E-state index is 11.8. The highest BCUT2D eigenvalue weighted by atomic mass is 35.5. The van der Waals surface area contributed by atoms with Crippen LogP contribution in [0.3, 0.4) is 0 Å². The van der Waals surface area contributed by atoms with Gasteiger partial charge in [-0.05, 0) is 12.0 Å². The lowest BCUT2D eigenvalue weighted by Crippen LogP contribution is -2.48. The van der Waals surface area contributed by atoms with Crippen LogP contribution >= 0.6 is 24.8 Å². The highest BCUT2D eigenvalue weighted by molar-refractivity contribution is 5.85. The third-order valence-corrected chi connectivity index (χ3v) is 3.55. The SMILES string of the molecule is COCC(N)C(=O)NC1CCN(Cc2ccccc2)C1.Cl.Cl. The highest BCUT2D eigenvalue weighted by Crippen LogP contribution is 2.13. The van der Waals surface area contributed by atoms with E-state index in [1.807, 2.05) is 6.07 Å². The van der Waals surface area contributed by atoms with Crippen molar-refractivity contribution in [3.8, 4) is 0 Å². The lowest BCUT2D eigenvalue weighted by molar-refractivity contribution is -0.124. The van der Waals surface area contributed by atoms with Crippen LogP contribution in [-0.2, 0) is 16.1 Å². The summed E-state index contributed by atoms with van der Waals surface area (Å²) < 4.78 is 4.89. The van der Waals surface area contributed by atoms with Gasteiger partial charge in [-0.15, -0.1) is 24.8 Å². The summed E-state index contributed by atoms with van der Waals surface area (Å²) in [5, 5.41) is 2.99. The van der Waals surface area contributed by atoms with Crippen LogP contribution in [0, 0.1) is 0 Å². The van der Waals surface area contributed by atoms with Gasteiger partial charge in [-0.1, -0.05) is 30.3 Å². The number of carbonyl (C=O) groups is 1. The minimum Gasteiger partial charge on any atom is -0.383 e. The van der Waals surface area contributed by atoms with Gasteiger partial charge in [0.05, 0.1) is 6.61 Å². The second-order valence-electron chi connectivity index (χ2n) is 5.28. The van der Waals surface area contributed by atoms with Crippen molar-refractivity contribution in [2.45, 2.75) is 25.0 Å². The Morgan fingerprint density at radius 3 is 2.73 bits per heavy atom. The summed E-state index contributed by atoms with van der Waals surface area (Å²) in [6, 6.07) is 9.98. The van der Waals surface area contributed by atoms with Gasteiger partial charge in [0.15, 0.2) is 0 Å². The molecule has 7 heteroatoms. The molecule has 2 unspecified atom stereocenters. The predicted molar refractivity (Wildman–Crippen MR) is 92.6 cm³/mol. The largest absolute Gasteiger partial charge is 0.383 e. The fraction of sp³-hybridized carbons (Fsp3) is 0.533. The molecule has 0 spiro atoms. The molecule has 3 N–H and O–H groups in total. The summed E-state index contributed by atoms with van der Waals surface area (Å²) in [4.78, 5) is 14.2. The van der Waals surface area contributed by atoms with Crippen molar-refractivity contribution < 1.29 is 9.53 Å². The number of nitrogens with one attached hydrogen (secondary N) is 1. The number of hydrogen-bond donors (Lipinski definition) is 2. The van der Waals surface area contributed by atoms with Crippen molar-refractivity contribution in [2.24, 2.45) is 5.73 Å². The normalized spacial score (nSPS) is 18.9. The Morgan fingerprint density at radius 1 is 1.41 bits per heavy atom. The summed E-state index contributed by atoms with van der Waals surface area (Å²) in [6.45, 7) is 3.06. The van der Waals surface area contributed by atoms with Crippen LogP contribution in [0.15, 0.2) is 30.3 Å². The molecule has 0 aliphatic carbocycles. The fourth-order valence-corrected chi connectivity index (χ4v) is 2.50. The fourth-order valence-electron chi connectivity index (χ4n) is 2.50. The van der Waals surface area contributed by atoms with Crippen LogP contribution in [0.1, 0.15) is 12.0 Å². The number of nitrogens with two attached hydrogens (primary N) is 1. The maximum Gasteiger partial charge on any atom is 0.239 e. The summed E-state index contributed by atoms with van der Waals surface area (Å²) in [5.74, 6) is -0.126. The third-order valence-electron chi connectivity index (χ3n) is 3.55. The van der Waals surface area contributed by atoms with E-state index in [-0.39, 0.29) is 43.4 Å². The molecule has 0 saturated carbocycles. The van der Waals surface area contributed by atoms with Gasteiger partial charge in [-0.3, -0.25) is 9.69 Å². The summed E-state index contributed by atoms with van der Waals surface area (Å²) in [7, 11) is 1.55. The summed E-state index contributed by atoms with van der Waals surface area (Å²) in [6.07, 6.45) is 0.971. The van der Waals surface area contributed by atoms with Gasteiger partial charge >= 0.3 is 0 Å². The van der Waals surface area contributed by atoms with E-state index in [2.05, 4.69) is 34.5 Å². The zero-order valence-electron chi connectivity index (χ0n) is 12.7. The lowest BCUT2D eigenvalue weighted by Gasteiger charge is -2.18. The molecule has 1 amide bonds. The molecule has 1 aliphatic rings. The Labute approximate surface area is 144 Å². The van der Waals surface area contributed by atoms with Crippen molar-refractivity contribution in [3.05, 3.63) is 35.9 Å². The van der Waals surface area contributed by atoms with Gasteiger partial charge in [-0.25, -0.2) is 0 Å². The van der Waals surface area contributed by atoms with Crippen LogP contribution in [0.5, 0.6) is 0 Å². The Hall–Kier alpha value is -0.850. The molecule has 5 nitrogen and oxygen atoms in total. The van der Waals surface area contributed by atoms with Crippen LogP contribution in [-0.4, -0.2) is 49.7 Å². The van der Waals surface area contributed by atoms with Crippen LogP contribution in [0.25, 0.3) is 0 Å². The van der Waals surface area contributed by atoms with Gasteiger partial charge in [0.1, 0.15) is 6.04 Å². The second-order valence-corrected chi connectivity index (χ2v) is 5.28. The minimum atomic E-state index is -0.580. The van der Waals surface area contributed by atoms with Crippen molar-refractivity contribution >= 4 is 30.7 Å².